The molecule has 0 bridgehead atoms. The van der Waals surface area contributed by atoms with E-state index in [1.54, 1.807) is 4.88 Å². The Hall–Kier alpha value is -0.380. The first-order chi connectivity index (χ1) is 8.26. The Bertz CT molecular complexity index is 346. The van der Waals surface area contributed by atoms with Crippen molar-refractivity contribution in [1.29, 1.82) is 0 Å². The predicted molar refractivity (Wildman–Crippen MR) is 75.7 cm³/mol. The fourth-order valence-corrected chi connectivity index (χ4v) is 4.14. The maximum absolute atomic E-state index is 3.36. The molecule has 0 saturated carbocycles. The molecule has 1 aliphatic rings. The van der Waals surface area contributed by atoms with E-state index in [0.717, 1.165) is 18.9 Å². The van der Waals surface area contributed by atoms with Crippen LogP contribution < -0.4 is 5.32 Å². The maximum atomic E-state index is 3.36. The first kappa shape index (κ1) is 13.1. The monoisotopic (exact) mass is 252 g/mol. The third kappa shape index (κ3) is 2.90. The molecule has 96 valence electrons. The molecule has 2 rings (SSSR count). The molecular weight excluding hydrogens is 228 g/mol. The molecule has 0 amide bonds. The Morgan fingerprint density at radius 1 is 1.47 bits per heavy atom. The predicted octanol–water partition coefficient (Wildman–Crippen LogP) is 2.91. The lowest BCUT2D eigenvalue weighted by Gasteiger charge is -2.38. The highest BCUT2D eigenvalue weighted by Gasteiger charge is 2.30. The summed E-state index contributed by atoms with van der Waals surface area (Å²) in [4.78, 5) is 5.61. The van der Waals surface area contributed by atoms with E-state index in [-0.39, 0.29) is 0 Å². The van der Waals surface area contributed by atoms with Gasteiger partial charge >= 0.3 is 0 Å². The first-order valence-corrected chi connectivity index (χ1v) is 7.51. The summed E-state index contributed by atoms with van der Waals surface area (Å²) in [5.74, 6) is 0.766. The number of hydrogen-bond acceptors (Lipinski definition) is 3. The molecule has 2 nitrogen and oxygen atoms in total. The van der Waals surface area contributed by atoms with E-state index in [1.165, 1.54) is 24.3 Å². The van der Waals surface area contributed by atoms with Gasteiger partial charge in [-0.05, 0) is 64.5 Å². The quantitative estimate of drug-likeness (QED) is 0.886. The van der Waals surface area contributed by atoms with Crippen LogP contribution in [-0.4, -0.2) is 32.1 Å². The Morgan fingerprint density at radius 3 is 2.94 bits per heavy atom. The lowest BCUT2D eigenvalue weighted by Crippen LogP contribution is -2.39. The molecule has 1 fully saturated rings. The van der Waals surface area contributed by atoms with Gasteiger partial charge in [-0.25, -0.2) is 0 Å². The van der Waals surface area contributed by atoms with Crippen LogP contribution in [0.2, 0.25) is 0 Å². The molecule has 3 heteroatoms. The Balaban J connectivity index is 2.18. The summed E-state index contributed by atoms with van der Waals surface area (Å²) in [5.41, 5.74) is 0. The van der Waals surface area contributed by atoms with Crippen molar-refractivity contribution in [2.24, 2.45) is 5.92 Å². The van der Waals surface area contributed by atoms with Crippen molar-refractivity contribution in [1.82, 2.24) is 10.2 Å². The van der Waals surface area contributed by atoms with Gasteiger partial charge in [0.2, 0.25) is 0 Å². The van der Waals surface area contributed by atoms with Crippen LogP contribution in [0.25, 0.3) is 0 Å². The fourth-order valence-electron chi connectivity index (χ4n) is 2.93. The normalized spacial score (nSPS) is 26.3. The molecule has 2 heterocycles. The molecule has 1 saturated heterocycles. The summed E-state index contributed by atoms with van der Waals surface area (Å²) in [6, 6.07) is 5.28. The second-order valence-corrected chi connectivity index (χ2v) is 6.24. The number of aryl methyl sites for hydroxylation is 1. The van der Waals surface area contributed by atoms with Crippen molar-refractivity contribution in [3.63, 3.8) is 0 Å². The molecule has 0 aromatic carbocycles. The smallest absolute Gasteiger partial charge is 0.0478 e. The highest BCUT2D eigenvalue weighted by Crippen LogP contribution is 2.38. The number of nitrogens with zero attached hydrogens (tertiary/aromatic N) is 1. The van der Waals surface area contributed by atoms with Gasteiger partial charge in [-0.15, -0.1) is 11.3 Å². The average Bonchev–Trinajstić information content (AvgIpc) is 2.78. The van der Waals surface area contributed by atoms with Gasteiger partial charge in [0.05, 0.1) is 0 Å². The standard InChI is InChI=1S/C14H24N2S/c1-4-12-7-8-13(17-12)14-11(10-15-2)6-5-9-16(14)3/h7-8,11,14-15H,4-6,9-10H2,1-3H3. The number of nitrogens with one attached hydrogen (secondary N) is 1. The van der Waals surface area contributed by atoms with Crippen LogP contribution in [0.4, 0.5) is 0 Å². The lowest BCUT2D eigenvalue weighted by atomic mass is 9.88. The van der Waals surface area contributed by atoms with Crippen molar-refractivity contribution in [2.75, 3.05) is 27.2 Å². The van der Waals surface area contributed by atoms with Crippen LogP contribution in [0.5, 0.6) is 0 Å². The number of hydrogen-bond donors (Lipinski definition) is 1. The van der Waals surface area contributed by atoms with Crippen LogP contribution in [0, 0.1) is 5.92 Å². The van der Waals surface area contributed by atoms with Crippen molar-refractivity contribution in [3.05, 3.63) is 21.9 Å². The second kappa shape index (κ2) is 5.98. The van der Waals surface area contributed by atoms with Gasteiger partial charge in [-0.2, -0.15) is 0 Å². The zero-order valence-electron chi connectivity index (χ0n) is 11.2. The largest absolute Gasteiger partial charge is 0.319 e. The molecule has 2 atom stereocenters. The van der Waals surface area contributed by atoms with Gasteiger partial charge in [-0.1, -0.05) is 6.92 Å². The molecule has 0 spiro atoms. The van der Waals surface area contributed by atoms with E-state index in [9.17, 15) is 0 Å². The molecule has 1 N–H and O–H groups in total. The first-order valence-electron chi connectivity index (χ1n) is 6.69. The minimum atomic E-state index is 0.626. The molecule has 1 aliphatic heterocycles. The van der Waals surface area contributed by atoms with Gasteiger partial charge in [0.15, 0.2) is 0 Å². The van der Waals surface area contributed by atoms with Gasteiger partial charge < -0.3 is 5.32 Å². The molecule has 1 aromatic rings. The maximum Gasteiger partial charge on any atom is 0.0478 e. The number of thiophene rings is 1. The molecule has 2 unspecified atom stereocenters. The van der Waals surface area contributed by atoms with E-state index in [0.29, 0.717) is 6.04 Å². The summed E-state index contributed by atoms with van der Waals surface area (Å²) >= 11 is 2.00. The Morgan fingerprint density at radius 2 is 2.29 bits per heavy atom. The summed E-state index contributed by atoms with van der Waals surface area (Å²) in [6.45, 7) is 4.61. The van der Waals surface area contributed by atoms with Crippen LogP contribution in [0.15, 0.2) is 12.1 Å². The second-order valence-electron chi connectivity index (χ2n) is 5.04. The van der Waals surface area contributed by atoms with E-state index in [4.69, 9.17) is 0 Å². The highest BCUT2D eigenvalue weighted by molar-refractivity contribution is 7.12. The summed E-state index contributed by atoms with van der Waals surface area (Å²) in [6.07, 6.45) is 3.86. The van der Waals surface area contributed by atoms with E-state index in [1.807, 2.05) is 11.3 Å². The topological polar surface area (TPSA) is 15.3 Å². The summed E-state index contributed by atoms with van der Waals surface area (Å²) in [7, 11) is 4.34. The van der Waals surface area contributed by atoms with Crippen molar-refractivity contribution in [3.8, 4) is 0 Å². The minimum absolute atomic E-state index is 0.626. The molecular formula is C14H24N2S. The van der Waals surface area contributed by atoms with E-state index in [2.05, 4.69) is 43.4 Å². The molecule has 0 radical (unpaired) electrons. The Kier molecular flexibility index (Phi) is 4.60. The van der Waals surface area contributed by atoms with Crippen molar-refractivity contribution < 1.29 is 0 Å². The van der Waals surface area contributed by atoms with Crippen LogP contribution in [0.3, 0.4) is 0 Å². The fraction of sp³-hybridized carbons (Fsp3) is 0.714. The third-order valence-corrected chi connectivity index (χ3v) is 5.10. The van der Waals surface area contributed by atoms with Crippen molar-refractivity contribution in [2.45, 2.75) is 32.2 Å². The number of rotatable bonds is 4. The summed E-state index contributed by atoms with van der Waals surface area (Å²) < 4.78 is 0. The van der Waals surface area contributed by atoms with Gasteiger partial charge in [0, 0.05) is 15.8 Å². The minimum Gasteiger partial charge on any atom is -0.319 e. The van der Waals surface area contributed by atoms with Crippen LogP contribution in [0.1, 0.15) is 35.6 Å². The highest BCUT2D eigenvalue weighted by atomic mass is 32.1. The van der Waals surface area contributed by atoms with E-state index < -0.39 is 0 Å². The molecule has 1 aromatic heterocycles. The van der Waals surface area contributed by atoms with Gasteiger partial charge in [-0.3, -0.25) is 4.90 Å². The zero-order chi connectivity index (χ0) is 12.3. The molecule has 17 heavy (non-hydrogen) atoms. The average molecular weight is 252 g/mol. The van der Waals surface area contributed by atoms with Crippen molar-refractivity contribution >= 4 is 11.3 Å². The van der Waals surface area contributed by atoms with Crippen LogP contribution >= 0.6 is 11.3 Å². The van der Waals surface area contributed by atoms with E-state index >= 15 is 0 Å². The van der Waals surface area contributed by atoms with Gasteiger partial charge in [0.25, 0.3) is 0 Å². The summed E-state index contributed by atoms with van der Waals surface area (Å²) in [5, 5.41) is 3.36. The SMILES string of the molecule is CCc1ccc(C2C(CNC)CCCN2C)s1. The van der Waals surface area contributed by atoms with Gasteiger partial charge in [0.1, 0.15) is 0 Å². The number of piperidine rings is 1. The third-order valence-electron chi connectivity index (χ3n) is 3.80. The molecule has 0 aliphatic carbocycles. The zero-order valence-corrected chi connectivity index (χ0v) is 12.0. The number of likely N-dealkylation sites (tertiary alicyclic amines) is 1. The lowest BCUT2D eigenvalue weighted by molar-refractivity contribution is 0.123. The van der Waals surface area contributed by atoms with Crippen LogP contribution in [-0.2, 0) is 6.42 Å². The Labute approximate surface area is 109 Å².